The zero-order valence-corrected chi connectivity index (χ0v) is 7.11. The van der Waals surface area contributed by atoms with Crippen LogP contribution in [0.15, 0.2) is 23.2 Å². The van der Waals surface area contributed by atoms with Gasteiger partial charge in [0.25, 0.3) is 0 Å². The van der Waals surface area contributed by atoms with E-state index in [1.807, 2.05) is 0 Å². The minimum atomic E-state index is -0.915. The minimum absolute atomic E-state index is 0.0534. The number of benzene rings is 1. The quantitative estimate of drug-likeness (QED) is 0.323. The molecule has 0 radical (unpaired) electrons. The van der Waals surface area contributed by atoms with Gasteiger partial charge in [-0.15, -0.1) is 0 Å². The van der Waals surface area contributed by atoms with Crippen molar-refractivity contribution in [2.75, 3.05) is 0 Å². The Balaban J connectivity index is 3.39. The maximum atomic E-state index is 10.4. The summed E-state index contributed by atoms with van der Waals surface area (Å²) < 4.78 is 0. The molecule has 0 aliphatic carbocycles. The summed E-state index contributed by atoms with van der Waals surface area (Å²) in [7, 11) is 0. The molecule has 0 heterocycles. The molecular formula is C7H3N3O5. The lowest BCUT2D eigenvalue weighted by Gasteiger charge is -1.94. The van der Waals surface area contributed by atoms with Crippen molar-refractivity contribution in [3.8, 4) is 0 Å². The second-order valence-electron chi connectivity index (χ2n) is 2.39. The third-order valence-electron chi connectivity index (χ3n) is 1.53. The highest BCUT2D eigenvalue weighted by atomic mass is 16.6. The number of carbonyl (C=O) groups excluding carboxylic acids is 1. The summed E-state index contributed by atoms with van der Waals surface area (Å²) in [6, 6.07) is 2.87. The third-order valence-corrected chi connectivity index (χ3v) is 1.53. The van der Waals surface area contributed by atoms with Gasteiger partial charge in [-0.3, -0.25) is 20.2 Å². The Morgan fingerprint density at radius 3 is 2.20 bits per heavy atom. The molecule has 0 atom stereocenters. The smallest absolute Gasteiger partial charge is 0.258 e. The van der Waals surface area contributed by atoms with E-state index in [1.54, 1.807) is 0 Å². The lowest BCUT2D eigenvalue weighted by atomic mass is 10.2. The molecule has 0 fully saturated rings. The number of hydrogen-bond donors (Lipinski definition) is 0. The van der Waals surface area contributed by atoms with E-state index in [0.717, 1.165) is 18.2 Å². The molecule has 0 spiro atoms. The summed E-state index contributed by atoms with van der Waals surface area (Å²) in [6.07, 6.45) is 1.18. The number of nitro benzene ring substituents is 2. The van der Waals surface area contributed by atoms with Crippen molar-refractivity contribution >= 4 is 23.1 Å². The van der Waals surface area contributed by atoms with E-state index in [4.69, 9.17) is 0 Å². The van der Waals surface area contributed by atoms with Crippen LogP contribution in [0.5, 0.6) is 0 Å². The van der Waals surface area contributed by atoms with Crippen molar-refractivity contribution in [2.45, 2.75) is 0 Å². The topological polar surface area (TPSA) is 116 Å². The van der Waals surface area contributed by atoms with Gasteiger partial charge >= 0.3 is 11.4 Å². The summed E-state index contributed by atoms with van der Waals surface area (Å²) in [4.78, 5) is 32.0. The normalized spacial score (nSPS) is 9.07. The van der Waals surface area contributed by atoms with Crippen LogP contribution in [-0.4, -0.2) is 15.9 Å². The maximum Gasteiger partial charge on any atom is 0.348 e. The van der Waals surface area contributed by atoms with E-state index in [-0.39, 0.29) is 5.69 Å². The molecular weight excluding hydrogens is 206 g/mol. The first kappa shape index (κ1) is 10.5. The zero-order chi connectivity index (χ0) is 11.4. The van der Waals surface area contributed by atoms with Gasteiger partial charge in [0.2, 0.25) is 6.08 Å². The van der Waals surface area contributed by atoms with Gasteiger partial charge in [-0.2, -0.15) is 4.99 Å². The molecule has 0 saturated carbocycles. The number of isocyanates is 1. The van der Waals surface area contributed by atoms with E-state index in [1.165, 1.54) is 6.08 Å². The van der Waals surface area contributed by atoms with Crippen LogP contribution in [0.4, 0.5) is 17.1 Å². The second-order valence-corrected chi connectivity index (χ2v) is 2.39. The molecule has 0 aliphatic heterocycles. The summed E-state index contributed by atoms with van der Waals surface area (Å²) in [5.41, 5.74) is -1.41. The Morgan fingerprint density at radius 2 is 1.73 bits per heavy atom. The van der Waals surface area contributed by atoms with Gasteiger partial charge in [0, 0.05) is 6.07 Å². The molecule has 1 aromatic rings. The van der Waals surface area contributed by atoms with Crippen molar-refractivity contribution in [1.82, 2.24) is 0 Å². The molecule has 0 amide bonds. The highest BCUT2D eigenvalue weighted by molar-refractivity contribution is 5.62. The molecule has 8 nitrogen and oxygen atoms in total. The number of nitro groups is 2. The summed E-state index contributed by atoms with van der Waals surface area (Å²) in [6.45, 7) is 0. The molecule has 0 N–H and O–H groups in total. The fourth-order valence-electron chi connectivity index (χ4n) is 0.935. The van der Waals surface area contributed by atoms with Crippen LogP contribution >= 0.6 is 0 Å². The SMILES string of the molecule is O=C=Nc1ccc([N+](=O)[O-])c([N+](=O)[O-])c1. The Bertz CT molecular complexity index is 478. The molecule has 1 aromatic carbocycles. The first-order valence-electron chi connectivity index (χ1n) is 3.57. The fraction of sp³-hybridized carbons (Fsp3) is 0. The first-order chi connectivity index (χ1) is 7.06. The highest BCUT2D eigenvalue weighted by Crippen LogP contribution is 2.30. The van der Waals surface area contributed by atoms with Crippen molar-refractivity contribution in [3.05, 3.63) is 38.4 Å². The summed E-state index contributed by atoms with van der Waals surface area (Å²) in [5, 5.41) is 20.8. The molecule has 0 aromatic heterocycles. The van der Waals surface area contributed by atoms with Crippen molar-refractivity contribution in [2.24, 2.45) is 4.99 Å². The molecule has 0 unspecified atom stereocenters. The van der Waals surface area contributed by atoms with Crippen molar-refractivity contribution in [3.63, 3.8) is 0 Å². The van der Waals surface area contributed by atoms with Crippen LogP contribution in [0.25, 0.3) is 0 Å². The molecule has 0 aliphatic rings. The second kappa shape index (κ2) is 4.07. The van der Waals surface area contributed by atoms with E-state index < -0.39 is 21.2 Å². The monoisotopic (exact) mass is 209 g/mol. The van der Waals surface area contributed by atoms with Gasteiger partial charge in [-0.05, 0) is 6.07 Å². The number of rotatable bonds is 3. The first-order valence-corrected chi connectivity index (χ1v) is 3.57. The predicted molar refractivity (Wildman–Crippen MR) is 47.5 cm³/mol. The Hall–Kier alpha value is -2.60. The Kier molecular flexibility index (Phi) is 2.85. The third kappa shape index (κ3) is 2.20. The van der Waals surface area contributed by atoms with E-state index >= 15 is 0 Å². The highest BCUT2D eigenvalue weighted by Gasteiger charge is 2.23. The van der Waals surface area contributed by atoms with E-state index in [2.05, 4.69) is 4.99 Å². The van der Waals surface area contributed by atoms with Gasteiger partial charge < -0.3 is 0 Å². The summed E-state index contributed by atoms with van der Waals surface area (Å²) in [5.74, 6) is 0. The van der Waals surface area contributed by atoms with Crippen molar-refractivity contribution < 1.29 is 14.6 Å². The van der Waals surface area contributed by atoms with Gasteiger partial charge in [0.1, 0.15) is 0 Å². The zero-order valence-electron chi connectivity index (χ0n) is 7.11. The number of aliphatic imine (C=N–C) groups is 1. The molecule has 0 bridgehead atoms. The Morgan fingerprint density at radius 1 is 1.13 bits per heavy atom. The Labute approximate surface area is 82.2 Å². The van der Waals surface area contributed by atoms with E-state index in [9.17, 15) is 25.0 Å². The minimum Gasteiger partial charge on any atom is -0.258 e. The maximum absolute atomic E-state index is 10.4. The summed E-state index contributed by atoms with van der Waals surface area (Å²) >= 11 is 0. The van der Waals surface area contributed by atoms with Gasteiger partial charge in [-0.25, -0.2) is 4.79 Å². The van der Waals surface area contributed by atoms with Gasteiger partial charge in [0.15, 0.2) is 0 Å². The lowest BCUT2D eigenvalue weighted by molar-refractivity contribution is -0.422. The van der Waals surface area contributed by atoms with Crippen LogP contribution < -0.4 is 0 Å². The average Bonchev–Trinajstić information content (AvgIpc) is 2.17. The van der Waals surface area contributed by atoms with Crippen LogP contribution in [0.1, 0.15) is 0 Å². The van der Waals surface area contributed by atoms with Gasteiger partial charge in [0.05, 0.1) is 21.6 Å². The number of nitrogens with zero attached hydrogens (tertiary/aromatic N) is 3. The predicted octanol–water partition coefficient (Wildman–Crippen LogP) is 1.47. The molecule has 0 saturated heterocycles. The molecule has 1 rings (SSSR count). The van der Waals surface area contributed by atoms with Crippen LogP contribution in [0.2, 0.25) is 0 Å². The average molecular weight is 209 g/mol. The van der Waals surface area contributed by atoms with Crippen LogP contribution in [0, 0.1) is 20.2 Å². The number of hydrogen-bond acceptors (Lipinski definition) is 6. The van der Waals surface area contributed by atoms with Crippen LogP contribution in [0.3, 0.4) is 0 Å². The lowest BCUT2D eigenvalue weighted by Crippen LogP contribution is -1.95. The molecule has 15 heavy (non-hydrogen) atoms. The largest absolute Gasteiger partial charge is 0.348 e. The molecule has 76 valence electrons. The fourth-order valence-corrected chi connectivity index (χ4v) is 0.935. The molecule has 8 heteroatoms. The standard InChI is InChI=1S/C7H3N3O5/c11-4-8-5-1-2-6(9(12)13)7(3-5)10(14)15/h1-3H. The van der Waals surface area contributed by atoms with Crippen molar-refractivity contribution in [1.29, 1.82) is 0 Å². The van der Waals surface area contributed by atoms with Gasteiger partial charge in [-0.1, -0.05) is 0 Å². The van der Waals surface area contributed by atoms with Crippen LogP contribution in [-0.2, 0) is 4.79 Å². The van der Waals surface area contributed by atoms with E-state index in [0.29, 0.717) is 0 Å².